The number of nitrogens with zero attached hydrogens (tertiary/aromatic N) is 3. The molecule has 24 heavy (non-hydrogen) atoms. The summed E-state index contributed by atoms with van der Waals surface area (Å²) in [6.07, 6.45) is 1.57. The predicted octanol–water partition coefficient (Wildman–Crippen LogP) is 1.32. The number of rotatable bonds is 4. The van der Waals surface area contributed by atoms with E-state index in [4.69, 9.17) is 4.74 Å². The number of ether oxygens (including phenoxy) is 1. The molecule has 3 rings (SSSR count). The van der Waals surface area contributed by atoms with E-state index in [1.165, 1.54) is 7.11 Å². The first-order valence-electron chi connectivity index (χ1n) is 8.52. The van der Waals surface area contributed by atoms with E-state index in [0.717, 1.165) is 38.2 Å². The van der Waals surface area contributed by atoms with Gasteiger partial charge in [0.05, 0.1) is 13.8 Å². The van der Waals surface area contributed by atoms with Crippen molar-refractivity contribution in [3.05, 3.63) is 30.3 Å². The van der Waals surface area contributed by atoms with Crippen molar-refractivity contribution in [1.29, 1.82) is 0 Å². The standard InChI is InChI=1S/C18H25N3O3/c1-3-19-11-9-18(10-12-19)17(23)20(13-16(22)24-2)14-21(18)15-7-5-4-6-8-15/h4-8H,3,9-14H2,1-2H3. The number of para-hydroxylation sites is 1. The van der Waals surface area contributed by atoms with Crippen LogP contribution in [0.5, 0.6) is 0 Å². The number of methoxy groups -OCH3 is 1. The van der Waals surface area contributed by atoms with Crippen LogP contribution in [-0.4, -0.2) is 67.2 Å². The summed E-state index contributed by atoms with van der Waals surface area (Å²) in [5.74, 6) is -0.327. The summed E-state index contributed by atoms with van der Waals surface area (Å²) >= 11 is 0. The molecular weight excluding hydrogens is 306 g/mol. The third-order valence-corrected chi connectivity index (χ3v) is 5.26. The Morgan fingerprint density at radius 1 is 1.21 bits per heavy atom. The van der Waals surface area contributed by atoms with E-state index in [1.54, 1.807) is 4.90 Å². The molecule has 0 atom stereocenters. The summed E-state index contributed by atoms with van der Waals surface area (Å²) in [6.45, 7) is 5.39. The number of carbonyl (C=O) groups excluding carboxylic acids is 2. The minimum absolute atomic E-state index is 0.0118. The van der Waals surface area contributed by atoms with Crippen LogP contribution in [0.1, 0.15) is 19.8 Å². The average molecular weight is 331 g/mol. The van der Waals surface area contributed by atoms with Crippen LogP contribution in [0.25, 0.3) is 0 Å². The van der Waals surface area contributed by atoms with E-state index in [1.807, 2.05) is 30.3 Å². The highest BCUT2D eigenvalue weighted by atomic mass is 16.5. The molecule has 1 spiro atoms. The number of hydrogen-bond donors (Lipinski definition) is 0. The summed E-state index contributed by atoms with van der Waals surface area (Å²) < 4.78 is 4.75. The summed E-state index contributed by atoms with van der Waals surface area (Å²) in [4.78, 5) is 31.0. The van der Waals surface area contributed by atoms with Crippen molar-refractivity contribution in [2.24, 2.45) is 0 Å². The van der Waals surface area contributed by atoms with Gasteiger partial charge >= 0.3 is 5.97 Å². The van der Waals surface area contributed by atoms with Crippen molar-refractivity contribution in [3.63, 3.8) is 0 Å². The lowest BCUT2D eigenvalue weighted by Crippen LogP contribution is -2.56. The largest absolute Gasteiger partial charge is 0.468 e. The molecule has 0 saturated carbocycles. The van der Waals surface area contributed by atoms with Gasteiger partial charge in [-0.3, -0.25) is 9.59 Å². The molecule has 2 heterocycles. The van der Waals surface area contributed by atoms with Gasteiger partial charge in [0.2, 0.25) is 0 Å². The lowest BCUT2D eigenvalue weighted by molar-refractivity contribution is -0.146. The van der Waals surface area contributed by atoms with Gasteiger partial charge in [0.1, 0.15) is 12.1 Å². The number of amides is 1. The smallest absolute Gasteiger partial charge is 0.325 e. The first-order valence-corrected chi connectivity index (χ1v) is 8.52. The normalized spacial score (nSPS) is 20.7. The number of carbonyl (C=O) groups is 2. The summed E-state index contributed by atoms with van der Waals surface area (Å²) in [6, 6.07) is 10.0. The number of anilines is 1. The first-order chi connectivity index (χ1) is 11.6. The quantitative estimate of drug-likeness (QED) is 0.779. The van der Waals surface area contributed by atoms with Crippen LogP contribution in [0.15, 0.2) is 30.3 Å². The molecule has 0 aromatic heterocycles. The van der Waals surface area contributed by atoms with E-state index in [9.17, 15) is 9.59 Å². The molecule has 0 unspecified atom stereocenters. The maximum absolute atomic E-state index is 13.2. The van der Waals surface area contributed by atoms with E-state index < -0.39 is 5.54 Å². The van der Waals surface area contributed by atoms with Gasteiger partial charge in [-0.1, -0.05) is 25.1 Å². The van der Waals surface area contributed by atoms with Gasteiger partial charge in [0.15, 0.2) is 0 Å². The fourth-order valence-electron chi connectivity index (χ4n) is 3.78. The zero-order valence-corrected chi connectivity index (χ0v) is 14.4. The van der Waals surface area contributed by atoms with Gasteiger partial charge in [-0.25, -0.2) is 0 Å². The highest BCUT2D eigenvalue weighted by molar-refractivity contribution is 5.95. The minimum atomic E-state index is -0.541. The third kappa shape index (κ3) is 2.86. The highest BCUT2D eigenvalue weighted by Gasteiger charge is 2.53. The lowest BCUT2D eigenvalue weighted by Gasteiger charge is -2.43. The maximum Gasteiger partial charge on any atom is 0.325 e. The minimum Gasteiger partial charge on any atom is -0.468 e. The Morgan fingerprint density at radius 2 is 1.88 bits per heavy atom. The molecule has 2 aliphatic rings. The summed E-state index contributed by atoms with van der Waals surface area (Å²) in [5, 5.41) is 0. The molecule has 0 bridgehead atoms. The fourth-order valence-corrected chi connectivity index (χ4v) is 3.78. The molecular formula is C18H25N3O3. The van der Waals surface area contributed by atoms with E-state index in [0.29, 0.717) is 6.67 Å². The van der Waals surface area contributed by atoms with Crippen molar-refractivity contribution < 1.29 is 14.3 Å². The maximum atomic E-state index is 13.2. The van der Waals surface area contributed by atoms with Crippen molar-refractivity contribution in [3.8, 4) is 0 Å². The van der Waals surface area contributed by atoms with Gasteiger partial charge < -0.3 is 19.4 Å². The monoisotopic (exact) mass is 331 g/mol. The van der Waals surface area contributed by atoms with Gasteiger partial charge in [-0.2, -0.15) is 0 Å². The molecule has 2 saturated heterocycles. The van der Waals surface area contributed by atoms with Crippen molar-refractivity contribution >= 4 is 17.6 Å². The molecule has 130 valence electrons. The number of esters is 1. The number of benzene rings is 1. The number of hydrogen-bond acceptors (Lipinski definition) is 5. The molecule has 0 radical (unpaired) electrons. The second-order valence-electron chi connectivity index (χ2n) is 6.45. The highest BCUT2D eigenvalue weighted by Crippen LogP contribution is 2.39. The molecule has 6 heteroatoms. The van der Waals surface area contributed by atoms with Crippen LogP contribution in [0.2, 0.25) is 0 Å². The SMILES string of the molecule is CCN1CCC2(CC1)C(=O)N(CC(=O)OC)CN2c1ccccc1. The van der Waals surface area contributed by atoms with E-state index in [-0.39, 0.29) is 18.4 Å². The second-order valence-corrected chi connectivity index (χ2v) is 6.45. The van der Waals surface area contributed by atoms with Gasteiger partial charge in [-0.05, 0) is 31.5 Å². The van der Waals surface area contributed by atoms with Crippen LogP contribution in [0.4, 0.5) is 5.69 Å². The van der Waals surface area contributed by atoms with Crippen LogP contribution in [0, 0.1) is 0 Å². The van der Waals surface area contributed by atoms with E-state index >= 15 is 0 Å². The van der Waals surface area contributed by atoms with Crippen molar-refractivity contribution in [1.82, 2.24) is 9.80 Å². The molecule has 1 aromatic carbocycles. The first kappa shape index (κ1) is 16.8. The van der Waals surface area contributed by atoms with Crippen LogP contribution in [-0.2, 0) is 14.3 Å². The second kappa shape index (κ2) is 6.81. The van der Waals surface area contributed by atoms with Gasteiger partial charge in [0.25, 0.3) is 5.91 Å². The zero-order valence-electron chi connectivity index (χ0n) is 14.4. The Balaban J connectivity index is 1.90. The topological polar surface area (TPSA) is 53.1 Å². The van der Waals surface area contributed by atoms with Gasteiger partial charge in [0, 0.05) is 18.8 Å². The van der Waals surface area contributed by atoms with Crippen LogP contribution < -0.4 is 4.90 Å². The number of likely N-dealkylation sites (tertiary alicyclic amines) is 1. The molecule has 2 fully saturated rings. The molecule has 0 N–H and O–H groups in total. The average Bonchev–Trinajstić information content (AvgIpc) is 2.89. The van der Waals surface area contributed by atoms with Crippen molar-refractivity contribution in [2.75, 3.05) is 44.9 Å². The Labute approximate surface area is 143 Å². The Morgan fingerprint density at radius 3 is 2.46 bits per heavy atom. The Bertz CT molecular complexity index is 597. The molecule has 1 amide bonds. The number of piperidine rings is 1. The Kier molecular flexibility index (Phi) is 4.76. The van der Waals surface area contributed by atoms with Gasteiger partial charge in [-0.15, -0.1) is 0 Å². The molecule has 1 aromatic rings. The predicted molar refractivity (Wildman–Crippen MR) is 91.6 cm³/mol. The zero-order chi connectivity index (χ0) is 17.2. The molecule has 6 nitrogen and oxygen atoms in total. The third-order valence-electron chi connectivity index (χ3n) is 5.26. The van der Waals surface area contributed by atoms with Crippen molar-refractivity contribution in [2.45, 2.75) is 25.3 Å². The molecule has 2 aliphatic heterocycles. The van der Waals surface area contributed by atoms with Crippen LogP contribution in [0.3, 0.4) is 0 Å². The Hall–Kier alpha value is -2.08. The summed E-state index contributed by atoms with van der Waals surface area (Å²) in [5.41, 5.74) is 0.490. The fraction of sp³-hybridized carbons (Fsp3) is 0.556. The van der Waals surface area contributed by atoms with Crippen LogP contribution >= 0.6 is 0 Å². The van der Waals surface area contributed by atoms with E-state index in [2.05, 4.69) is 16.7 Å². The molecule has 0 aliphatic carbocycles. The lowest BCUT2D eigenvalue weighted by atomic mass is 9.85. The summed E-state index contributed by atoms with van der Waals surface area (Å²) in [7, 11) is 1.35.